The third kappa shape index (κ3) is 15.2. The lowest BCUT2D eigenvalue weighted by atomic mass is 9.80. The van der Waals surface area contributed by atoms with E-state index in [1.165, 1.54) is 13.8 Å². The van der Waals surface area contributed by atoms with E-state index in [1.807, 2.05) is 191 Å². The van der Waals surface area contributed by atoms with E-state index >= 15 is 0 Å². The summed E-state index contributed by atoms with van der Waals surface area (Å²) in [4.78, 5) is 91.4. The van der Waals surface area contributed by atoms with Crippen LogP contribution in [0.5, 0.6) is 11.5 Å². The van der Waals surface area contributed by atoms with Gasteiger partial charge in [0.05, 0.1) is 29.3 Å². The van der Waals surface area contributed by atoms with E-state index in [4.69, 9.17) is 9.73 Å². The van der Waals surface area contributed by atoms with Crippen molar-refractivity contribution in [1.82, 2.24) is 10.6 Å². The molecule has 0 radical (unpaired) electrons. The number of anilines is 2. The van der Waals surface area contributed by atoms with Crippen LogP contribution in [0.1, 0.15) is 95.0 Å². The van der Waals surface area contributed by atoms with Gasteiger partial charge < -0.3 is 25.6 Å². The summed E-state index contributed by atoms with van der Waals surface area (Å²) in [5.74, 6) is -2.24. The number of carbonyl (C=O) groups excluding carboxylic acids is 6. The van der Waals surface area contributed by atoms with Gasteiger partial charge >= 0.3 is 0 Å². The molecule has 2 heterocycles. The minimum absolute atomic E-state index is 0.0677. The van der Waals surface area contributed by atoms with Gasteiger partial charge in [0, 0.05) is 45.9 Å². The zero-order valence-corrected chi connectivity index (χ0v) is 46.5. The van der Waals surface area contributed by atoms with Crippen molar-refractivity contribution in [2.24, 2.45) is 45.5 Å². The average Bonchev–Trinajstić information content (AvgIpc) is 3.66. The molecule has 0 saturated carbocycles. The molecule has 3 N–H and O–H groups in total. The first-order valence-electron chi connectivity index (χ1n) is 27.3. The number of ether oxygens (including phenoxy) is 1. The number of carbonyl (C=O) groups is 6. The van der Waals surface area contributed by atoms with Gasteiger partial charge in [0.1, 0.15) is 23.1 Å². The largest absolute Gasteiger partial charge is 0.457 e. The smallest absolute Gasteiger partial charge is 0.272 e. The van der Waals surface area contributed by atoms with Crippen molar-refractivity contribution < 1.29 is 33.5 Å². The van der Waals surface area contributed by atoms with Gasteiger partial charge in [-0.25, -0.2) is 9.98 Å². The molecule has 0 spiro atoms. The van der Waals surface area contributed by atoms with Crippen molar-refractivity contribution in [3.8, 4) is 11.5 Å². The van der Waals surface area contributed by atoms with Crippen LogP contribution in [0.15, 0.2) is 199 Å². The molecule has 6 atom stereocenters. The lowest BCUT2D eigenvalue weighted by Gasteiger charge is -2.29. The molecular weight excluding hydrogens is 1000 g/mol. The van der Waals surface area contributed by atoms with Crippen LogP contribution in [0.2, 0.25) is 0 Å². The van der Waals surface area contributed by atoms with Crippen molar-refractivity contribution in [2.75, 3.05) is 10.2 Å². The summed E-state index contributed by atoms with van der Waals surface area (Å²) in [6.45, 7) is 18.8. The molecule has 13 heteroatoms. The molecule has 412 valence electrons. The second kappa shape index (κ2) is 28.2. The maximum atomic E-state index is 14.6. The fraction of sp³-hybridized carbons (Fsp3) is 0.284. The topological polar surface area (TPSA) is 176 Å². The van der Waals surface area contributed by atoms with Gasteiger partial charge in [0.2, 0.25) is 24.1 Å². The number of hydrogen-bond acceptors (Lipinski definition) is 9. The van der Waals surface area contributed by atoms with Gasteiger partial charge in [-0.1, -0.05) is 167 Å². The summed E-state index contributed by atoms with van der Waals surface area (Å²) < 4.78 is 6.08. The third-order valence-electron chi connectivity index (χ3n) is 14.0. The minimum Gasteiger partial charge on any atom is -0.457 e. The first-order valence-corrected chi connectivity index (χ1v) is 27.3. The molecule has 6 unspecified atom stereocenters. The van der Waals surface area contributed by atoms with Gasteiger partial charge in [-0.2, -0.15) is 0 Å². The first kappa shape index (κ1) is 58.8. The zero-order chi connectivity index (χ0) is 57.3. The molecule has 0 bridgehead atoms. The monoisotopic (exact) mass is 1070 g/mol. The van der Waals surface area contributed by atoms with E-state index < -0.39 is 41.9 Å². The fourth-order valence-electron chi connectivity index (χ4n) is 10.2. The Morgan fingerprint density at radius 1 is 0.575 bits per heavy atom. The number of nitrogens with zero attached hydrogens (tertiary/aromatic N) is 3. The minimum atomic E-state index is -1.22. The van der Waals surface area contributed by atoms with Crippen LogP contribution in [0.4, 0.5) is 11.4 Å². The second-order valence-electron chi connectivity index (χ2n) is 21.0. The predicted molar refractivity (Wildman–Crippen MR) is 318 cm³/mol. The number of benzodiazepines with no additional fused rings is 2. The number of amides is 4. The number of Topliss-reactive ketones (excluding diaryl/α,β-unsaturated/α-hetero) is 2. The van der Waals surface area contributed by atoms with Crippen LogP contribution in [-0.4, -0.2) is 59.0 Å². The number of fused-ring (bicyclic) bond motifs is 2. The van der Waals surface area contributed by atoms with Gasteiger partial charge in [-0.05, 0) is 93.3 Å². The molecule has 13 nitrogen and oxygen atoms in total. The Morgan fingerprint density at radius 3 is 1.57 bits per heavy atom. The van der Waals surface area contributed by atoms with Crippen molar-refractivity contribution in [3.63, 3.8) is 0 Å². The Hall–Kier alpha value is -8.84. The molecule has 4 amide bonds. The molecule has 80 heavy (non-hydrogen) atoms. The van der Waals surface area contributed by atoms with Crippen LogP contribution >= 0.6 is 0 Å². The first-order chi connectivity index (χ1) is 38.6. The van der Waals surface area contributed by atoms with Crippen LogP contribution in [0.25, 0.3) is 0 Å². The number of aliphatic imine (C=N–C) groups is 2. The van der Waals surface area contributed by atoms with E-state index in [0.29, 0.717) is 60.0 Å². The van der Waals surface area contributed by atoms with Gasteiger partial charge in [-0.15, -0.1) is 13.2 Å². The maximum Gasteiger partial charge on any atom is 0.272 e. The van der Waals surface area contributed by atoms with E-state index in [1.54, 1.807) is 17.1 Å². The lowest BCUT2D eigenvalue weighted by molar-refractivity contribution is -0.135. The van der Waals surface area contributed by atoms with Gasteiger partial charge in [0.15, 0.2) is 0 Å². The predicted octanol–water partition coefficient (Wildman–Crippen LogP) is 12.1. The molecule has 6 aromatic carbocycles. The highest BCUT2D eigenvalue weighted by atomic mass is 16.5. The third-order valence-corrected chi connectivity index (χ3v) is 14.0. The Kier molecular flexibility index (Phi) is 20.7. The number of hydrogen-bond donors (Lipinski definition) is 3. The molecule has 2 aliphatic rings. The summed E-state index contributed by atoms with van der Waals surface area (Å²) in [5, 5.41) is 8.67. The summed E-state index contributed by atoms with van der Waals surface area (Å²) in [5.41, 5.74) is 6.57. The van der Waals surface area contributed by atoms with E-state index in [0.717, 1.165) is 27.8 Å². The van der Waals surface area contributed by atoms with Crippen molar-refractivity contribution >= 4 is 58.0 Å². The van der Waals surface area contributed by atoms with Crippen LogP contribution < -0.4 is 25.6 Å². The van der Waals surface area contributed by atoms with Gasteiger partial charge in [0.25, 0.3) is 11.8 Å². The SMILES string of the molecule is C=CCC(C(C)=O)C(CC(C)C)C(=O)NC1N=C(c2ccccc2)c2ccccc2N(Cc2cccc(Oc3ccccc3)c2)C1=O.C=CCC(C(C)=O)C(CC(C)C)C(=O)NC1N=C(c2ccccc2)c2ccccc2NC1=O. The van der Waals surface area contributed by atoms with Crippen molar-refractivity contribution in [2.45, 2.75) is 86.1 Å². The highest BCUT2D eigenvalue weighted by molar-refractivity contribution is 6.21. The molecule has 0 saturated heterocycles. The Bertz CT molecular complexity index is 3230. The molecule has 8 rings (SSSR count). The Balaban J connectivity index is 0.000000246. The number of para-hydroxylation sites is 3. The lowest BCUT2D eigenvalue weighted by Crippen LogP contribution is -2.50. The highest BCUT2D eigenvalue weighted by Gasteiger charge is 2.38. The van der Waals surface area contributed by atoms with E-state index in [9.17, 15) is 28.8 Å². The quantitative estimate of drug-likeness (QED) is 0.0567. The number of allylic oxidation sites excluding steroid dienone is 2. The highest BCUT2D eigenvalue weighted by Crippen LogP contribution is 2.33. The summed E-state index contributed by atoms with van der Waals surface area (Å²) in [7, 11) is 0. The van der Waals surface area contributed by atoms with Crippen molar-refractivity contribution in [3.05, 3.63) is 217 Å². The average molecular weight is 1070 g/mol. The second-order valence-corrected chi connectivity index (χ2v) is 21.0. The molecule has 0 fully saturated rings. The Morgan fingerprint density at radius 2 is 1.04 bits per heavy atom. The fourth-order valence-corrected chi connectivity index (χ4v) is 10.2. The van der Waals surface area contributed by atoms with Crippen LogP contribution in [-0.2, 0) is 35.3 Å². The van der Waals surface area contributed by atoms with Crippen molar-refractivity contribution in [1.29, 1.82) is 0 Å². The molecular formula is C67H72N6O7. The number of rotatable bonds is 22. The van der Waals surface area contributed by atoms with Crippen LogP contribution in [0.3, 0.4) is 0 Å². The normalized spacial score (nSPS) is 16.2. The van der Waals surface area contributed by atoms with Crippen LogP contribution in [0, 0.1) is 35.5 Å². The van der Waals surface area contributed by atoms with Gasteiger partial charge in [-0.3, -0.25) is 28.8 Å². The molecule has 2 aliphatic heterocycles. The number of nitrogens with one attached hydrogen (secondary N) is 3. The maximum absolute atomic E-state index is 14.6. The molecule has 0 aliphatic carbocycles. The van der Waals surface area contributed by atoms with E-state index in [-0.39, 0.29) is 47.7 Å². The zero-order valence-electron chi connectivity index (χ0n) is 46.5. The van der Waals surface area contributed by atoms with E-state index in [2.05, 4.69) is 34.1 Å². The summed E-state index contributed by atoms with van der Waals surface area (Å²) in [6.07, 6.45) is 2.77. The molecule has 0 aromatic heterocycles. The number of ketones is 2. The Labute approximate surface area is 470 Å². The number of benzene rings is 6. The summed E-state index contributed by atoms with van der Waals surface area (Å²) in [6, 6.07) is 51.4. The standard InChI is InChI=1S/C40H41N3O4.C27H31N3O3/c1-5-15-33(28(4)44)35(24-27(2)3)39(45)42-38-40(46)43(26-29-16-14-21-32(25-29)47-31-19-10-7-11-20-31)36-23-13-12-22-34(36)37(41-38)30-17-8-6-9-18-30;1-5-11-20(18(4)31)22(16-17(2)3)26(32)30-25-27(33)28-23-15-10-9-14-21(23)24(29-25)19-12-7-6-8-13-19/h5-14,16-23,25,27,33,35,38H,1,15,24,26H2,2-4H3,(H,42,45);5-10,12-15,17,20,22,25H,1,11,16H2,2-4H3,(H,28,33)(H,30,32). The molecule has 6 aromatic rings. The summed E-state index contributed by atoms with van der Waals surface area (Å²) >= 11 is 0.